The summed E-state index contributed by atoms with van der Waals surface area (Å²) in [5.41, 5.74) is 3.13. The van der Waals surface area contributed by atoms with Crippen molar-refractivity contribution in [1.29, 1.82) is 10.5 Å². The Bertz CT molecular complexity index is 755. The predicted octanol–water partition coefficient (Wildman–Crippen LogP) is 3.65. The van der Waals surface area contributed by atoms with Gasteiger partial charge in [-0.3, -0.25) is 0 Å². The number of aryl methyl sites for hydroxylation is 2. The molecule has 1 N–H and O–H groups in total. The van der Waals surface area contributed by atoms with Gasteiger partial charge in [0, 0.05) is 29.3 Å². The zero-order valence-corrected chi connectivity index (χ0v) is 10.9. The minimum atomic E-state index is 0.0549. The highest BCUT2D eigenvalue weighted by Gasteiger charge is 2.17. The number of nitrogens with one attached hydrogen (secondary N) is 1. The Morgan fingerprint density at radius 1 is 1.20 bits per heavy atom. The van der Waals surface area contributed by atoms with Gasteiger partial charge < -0.3 is 9.73 Å². The maximum absolute atomic E-state index is 8.71. The van der Waals surface area contributed by atoms with Crippen LogP contribution in [0, 0.1) is 22.7 Å². The summed E-state index contributed by atoms with van der Waals surface area (Å²) in [7, 11) is 0. The molecule has 0 spiro atoms. The van der Waals surface area contributed by atoms with Gasteiger partial charge in [0.05, 0.1) is 0 Å². The molecule has 0 atom stereocenters. The zero-order chi connectivity index (χ0) is 13.9. The number of benzene rings is 1. The molecule has 1 aliphatic rings. The van der Waals surface area contributed by atoms with Gasteiger partial charge in [0.25, 0.3) is 0 Å². The molecule has 3 rings (SSSR count). The number of furan rings is 1. The van der Waals surface area contributed by atoms with E-state index in [1.807, 2.05) is 30.3 Å². The van der Waals surface area contributed by atoms with E-state index in [0.29, 0.717) is 0 Å². The van der Waals surface area contributed by atoms with E-state index >= 15 is 0 Å². The van der Waals surface area contributed by atoms with Crippen LogP contribution in [-0.4, -0.2) is 0 Å². The molecule has 20 heavy (non-hydrogen) atoms. The molecule has 0 saturated heterocycles. The van der Waals surface area contributed by atoms with E-state index in [1.165, 1.54) is 24.6 Å². The summed E-state index contributed by atoms with van der Waals surface area (Å²) in [6, 6.07) is 9.49. The van der Waals surface area contributed by atoms with Gasteiger partial charge in [-0.1, -0.05) is 0 Å². The third kappa shape index (κ3) is 2.13. The largest absolute Gasteiger partial charge is 0.461 e. The van der Waals surface area contributed by atoms with Gasteiger partial charge in [-0.15, -0.1) is 0 Å². The number of nitriles is 2. The Morgan fingerprint density at radius 2 is 2.00 bits per heavy atom. The molecule has 0 unspecified atom stereocenters. The smallest absolute Gasteiger partial charge is 0.145 e. The molecule has 1 heterocycles. The summed E-state index contributed by atoms with van der Waals surface area (Å²) < 4.78 is 5.87. The fourth-order valence-electron chi connectivity index (χ4n) is 2.60. The lowest BCUT2D eigenvalue weighted by Gasteiger charge is -2.08. The Morgan fingerprint density at radius 3 is 2.80 bits per heavy atom. The number of fused-ring (bicyclic) bond motifs is 3. The monoisotopic (exact) mass is 263 g/mol. The van der Waals surface area contributed by atoms with E-state index in [2.05, 4.69) is 5.32 Å². The second kappa shape index (κ2) is 5.11. The summed E-state index contributed by atoms with van der Waals surface area (Å²) in [4.78, 5) is 0. The number of allylic oxidation sites excluding steroid dienone is 1. The molecule has 0 saturated carbocycles. The van der Waals surface area contributed by atoms with Crippen LogP contribution in [0.25, 0.3) is 11.0 Å². The van der Waals surface area contributed by atoms with Crippen molar-refractivity contribution in [3.63, 3.8) is 0 Å². The zero-order valence-electron chi connectivity index (χ0n) is 10.9. The average Bonchev–Trinajstić information content (AvgIpc) is 2.86. The van der Waals surface area contributed by atoms with Crippen LogP contribution in [0.2, 0.25) is 0 Å². The van der Waals surface area contributed by atoms with E-state index in [0.717, 1.165) is 35.3 Å². The molecule has 0 radical (unpaired) electrons. The van der Waals surface area contributed by atoms with Crippen LogP contribution in [0.15, 0.2) is 34.4 Å². The quantitative estimate of drug-likeness (QED) is 0.839. The maximum atomic E-state index is 8.71. The topological polar surface area (TPSA) is 72.8 Å². The van der Waals surface area contributed by atoms with Crippen molar-refractivity contribution in [1.82, 2.24) is 0 Å². The fraction of sp³-hybridized carbons (Fsp3) is 0.250. The van der Waals surface area contributed by atoms with Gasteiger partial charge in [-0.05, 0) is 37.5 Å². The molecule has 4 nitrogen and oxygen atoms in total. The van der Waals surface area contributed by atoms with Gasteiger partial charge in [0.1, 0.15) is 29.1 Å². The van der Waals surface area contributed by atoms with Crippen LogP contribution in [0.1, 0.15) is 24.2 Å². The number of rotatable bonds is 2. The van der Waals surface area contributed by atoms with Gasteiger partial charge >= 0.3 is 0 Å². The van der Waals surface area contributed by atoms with Crippen LogP contribution >= 0.6 is 0 Å². The van der Waals surface area contributed by atoms with E-state index in [1.54, 1.807) is 0 Å². The molecule has 2 aromatic rings. The molecule has 4 heteroatoms. The van der Waals surface area contributed by atoms with Crippen molar-refractivity contribution in [2.75, 3.05) is 5.32 Å². The van der Waals surface area contributed by atoms with Gasteiger partial charge in [0.15, 0.2) is 0 Å². The second-order valence-electron chi connectivity index (χ2n) is 4.85. The lowest BCUT2D eigenvalue weighted by Crippen LogP contribution is -1.98. The van der Waals surface area contributed by atoms with Crippen LogP contribution in [-0.2, 0) is 12.8 Å². The van der Waals surface area contributed by atoms with E-state index in [-0.39, 0.29) is 5.57 Å². The van der Waals surface area contributed by atoms with E-state index in [9.17, 15) is 0 Å². The number of hydrogen-bond donors (Lipinski definition) is 1. The van der Waals surface area contributed by atoms with Crippen LogP contribution < -0.4 is 5.32 Å². The maximum Gasteiger partial charge on any atom is 0.145 e. The molecule has 1 aromatic heterocycles. The first-order valence-corrected chi connectivity index (χ1v) is 6.63. The van der Waals surface area contributed by atoms with E-state index in [4.69, 9.17) is 14.9 Å². The molecular formula is C16H13N3O. The number of nitrogens with zero attached hydrogens (tertiary/aromatic N) is 2. The van der Waals surface area contributed by atoms with Crippen LogP contribution in [0.5, 0.6) is 0 Å². The van der Waals surface area contributed by atoms with Crippen molar-refractivity contribution < 1.29 is 4.42 Å². The molecule has 0 bridgehead atoms. The standard InChI is InChI=1S/C16H13N3O/c17-8-11(9-18)10-19-12-5-6-16-14(7-12)13-3-1-2-4-15(13)20-16/h5-7,10,19H,1-4H2. The van der Waals surface area contributed by atoms with Crippen LogP contribution in [0.4, 0.5) is 5.69 Å². The fourth-order valence-corrected chi connectivity index (χ4v) is 2.60. The summed E-state index contributed by atoms with van der Waals surface area (Å²) in [6.45, 7) is 0. The summed E-state index contributed by atoms with van der Waals surface area (Å²) >= 11 is 0. The molecule has 1 aliphatic carbocycles. The van der Waals surface area contributed by atoms with Crippen molar-refractivity contribution in [2.24, 2.45) is 0 Å². The summed E-state index contributed by atoms with van der Waals surface area (Å²) in [5, 5.41) is 21.5. The minimum Gasteiger partial charge on any atom is -0.461 e. The highest BCUT2D eigenvalue weighted by Crippen LogP contribution is 2.33. The van der Waals surface area contributed by atoms with Crippen molar-refractivity contribution in [3.8, 4) is 12.1 Å². The third-order valence-electron chi connectivity index (χ3n) is 3.58. The van der Waals surface area contributed by atoms with Gasteiger partial charge in [-0.25, -0.2) is 0 Å². The number of anilines is 1. The normalized spacial score (nSPS) is 13.1. The molecule has 0 amide bonds. The first kappa shape index (κ1) is 12.3. The Balaban J connectivity index is 1.97. The second-order valence-corrected chi connectivity index (χ2v) is 4.85. The van der Waals surface area contributed by atoms with Crippen molar-refractivity contribution >= 4 is 16.7 Å². The molecular weight excluding hydrogens is 250 g/mol. The Hall–Kier alpha value is -2.72. The Labute approximate surface area is 116 Å². The molecule has 1 aromatic carbocycles. The lowest BCUT2D eigenvalue weighted by molar-refractivity contribution is 0.506. The van der Waals surface area contributed by atoms with Crippen molar-refractivity contribution in [3.05, 3.63) is 41.3 Å². The first-order chi connectivity index (χ1) is 9.81. The minimum absolute atomic E-state index is 0.0549. The first-order valence-electron chi connectivity index (χ1n) is 6.63. The SMILES string of the molecule is N#CC(C#N)=CNc1ccc2oc3c(c2c1)CCCC3. The highest BCUT2D eigenvalue weighted by molar-refractivity contribution is 5.86. The molecule has 0 aliphatic heterocycles. The van der Waals surface area contributed by atoms with Crippen molar-refractivity contribution in [2.45, 2.75) is 25.7 Å². The predicted molar refractivity (Wildman–Crippen MR) is 75.8 cm³/mol. The summed E-state index contributed by atoms with van der Waals surface area (Å²) in [6.07, 6.45) is 5.89. The third-order valence-corrected chi connectivity index (χ3v) is 3.58. The Kier molecular flexibility index (Phi) is 3.15. The average molecular weight is 263 g/mol. The molecule has 98 valence electrons. The lowest BCUT2D eigenvalue weighted by atomic mass is 9.96. The van der Waals surface area contributed by atoms with Crippen LogP contribution in [0.3, 0.4) is 0 Å². The highest BCUT2D eigenvalue weighted by atomic mass is 16.3. The van der Waals surface area contributed by atoms with E-state index < -0.39 is 0 Å². The van der Waals surface area contributed by atoms with Gasteiger partial charge in [-0.2, -0.15) is 10.5 Å². The summed E-state index contributed by atoms with van der Waals surface area (Å²) in [5.74, 6) is 1.11. The molecule has 0 fully saturated rings. The van der Waals surface area contributed by atoms with Gasteiger partial charge in [0.2, 0.25) is 0 Å². The number of hydrogen-bond acceptors (Lipinski definition) is 4.